The third-order valence-corrected chi connectivity index (χ3v) is 3.22. The van der Waals surface area contributed by atoms with Gasteiger partial charge in [0, 0.05) is 36.8 Å². The van der Waals surface area contributed by atoms with Gasteiger partial charge in [-0.15, -0.1) is 0 Å². The van der Waals surface area contributed by atoms with Gasteiger partial charge < -0.3 is 10.2 Å². The summed E-state index contributed by atoms with van der Waals surface area (Å²) >= 11 is 5.81. The van der Waals surface area contributed by atoms with Gasteiger partial charge >= 0.3 is 0 Å². The molecule has 4 heteroatoms. The highest BCUT2D eigenvalue weighted by Gasteiger charge is 2.18. The molecule has 0 aliphatic carbocycles. The summed E-state index contributed by atoms with van der Waals surface area (Å²) < 4.78 is 0. The van der Waals surface area contributed by atoms with Crippen molar-refractivity contribution in [1.82, 2.24) is 10.2 Å². The molecule has 2 rings (SSSR count). The van der Waals surface area contributed by atoms with Gasteiger partial charge in [-0.05, 0) is 30.7 Å². The van der Waals surface area contributed by atoms with Crippen molar-refractivity contribution in [1.29, 1.82) is 0 Å². The predicted octanol–water partition coefficient (Wildman–Crippen LogP) is 2.17. The van der Waals surface area contributed by atoms with E-state index in [0.717, 1.165) is 25.2 Å². The molecule has 1 aliphatic rings. The van der Waals surface area contributed by atoms with Gasteiger partial charge in [-0.2, -0.15) is 0 Å². The molecule has 1 aromatic rings. The molecule has 1 saturated heterocycles. The molecular formula is C14H17ClN2O. The van der Waals surface area contributed by atoms with Crippen LogP contribution in [0.4, 0.5) is 0 Å². The van der Waals surface area contributed by atoms with Crippen LogP contribution in [0.2, 0.25) is 5.02 Å². The van der Waals surface area contributed by atoms with Crippen LogP contribution in [0.15, 0.2) is 30.3 Å². The molecule has 0 radical (unpaired) electrons. The van der Waals surface area contributed by atoms with Crippen molar-refractivity contribution in [3.8, 4) is 0 Å². The molecule has 1 aliphatic heterocycles. The van der Waals surface area contributed by atoms with Crippen LogP contribution < -0.4 is 5.32 Å². The van der Waals surface area contributed by atoms with Crippen LogP contribution in [0.25, 0.3) is 6.08 Å². The third-order valence-electron chi connectivity index (χ3n) is 2.97. The number of halogens is 1. The van der Waals surface area contributed by atoms with Gasteiger partial charge in [0.15, 0.2) is 0 Å². The fourth-order valence-electron chi connectivity index (χ4n) is 1.98. The van der Waals surface area contributed by atoms with Crippen molar-refractivity contribution < 1.29 is 4.79 Å². The Morgan fingerprint density at radius 2 is 2.17 bits per heavy atom. The van der Waals surface area contributed by atoms with E-state index in [0.29, 0.717) is 11.1 Å². The number of hydrogen-bond donors (Lipinski definition) is 1. The lowest BCUT2D eigenvalue weighted by Crippen LogP contribution is -2.50. The van der Waals surface area contributed by atoms with E-state index in [1.165, 1.54) is 0 Å². The maximum atomic E-state index is 12.0. The van der Waals surface area contributed by atoms with Crippen LogP contribution in [-0.2, 0) is 4.79 Å². The molecule has 1 atom stereocenters. The van der Waals surface area contributed by atoms with Crippen LogP contribution in [0.3, 0.4) is 0 Å². The molecule has 1 unspecified atom stereocenters. The lowest BCUT2D eigenvalue weighted by Gasteiger charge is -2.31. The molecule has 0 saturated carbocycles. The zero-order chi connectivity index (χ0) is 13.0. The van der Waals surface area contributed by atoms with Crippen molar-refractivity contribution in [2.24, 2.45) is 0 Å². The second-order valence-corrected chi connectivity index (χ2v) is 4.96. The molecule has 0 aromatic heterocycles. The Labute approximate surface area is 112 Å². The van der Waals surface area contributed by atoms with Crippen LogP contribution in [0, 0.1) is 0 Å². The Bertz CT molecular complexity index is 442. The van der Waals surface area contributed by atoms with E-state index in [4.69, 9.17) is 11.6 Å². The first-order valence-corrected chi connectivity index (χ1v) is 6.49. The summed E-state index contributed by atoms with van der Waals surface area (Å²) in [5.41, 5.74) is 0.982. The number of rotatable bonds is 2. The van der Waals surface area contributed by atoms with E-state index in [1.54, 1.807) is 6.08 Å². The average molecular weight is 265 g/mol. The minimum absolute atomic E-state index is 0.0679. The highest BCUT2D eigenvalue weighted by molar-refractivity contribution is 6.30. The van der Waals surface area contributed by atoms with Gasteiger partial charge in [0.1, 0.15) is 0 Å². The maximum Gasteiger partial charge on any atom is 0.246 e. The lowest BCUT2D eigenvalue weighted by molar-refractivity contribution is -0.127. The number of nitrogens with zero attached hydrogens (tertiary/aromatic N) is 1. The summed E-state index contributed by atoms with van der Waals surface area (Å²) in [7, 11) is 0. The van der Waals surface area contributed by atoms with Crippen LogP contribution >= 0.6 is 11.6 Å². The fourth-order valence-corrected chi connectivity index (χ4v) is 2.11. The van der Waals surface area contributed by atoms with E-state index in [9.17, 15) is 4.79 Å². The summed E-state index contributed by atoms with van der Waals surface area (Å²) in [6, 6.07) is 7.79. The van der Waals surface area contributed by atoms with E-state index < -0.39 is 0 Å². The van der Waals surface area contributed by atoms with Gasteiger partial charge in [0.2, 0.25) is 5.91 Å². The highest BCUT2D eigenvalue weighted by atomic mass is 35.5. The smallest absolute Gasteiger partial charge is 0.246 e. The molecule has 0 bridgehead atoms. The molecule has 0 spiro atoms. The molecule has 1 aromatic carbocycles. The topological polar surface area (TPSA) is 32.3 Å². The first kappa shape index (κ1) is 13.1. The first-order chi connectivity index (χ1) is 8.65. The van der Waals surface area contributed by atoms with Gasteiger partial charge in [-0.1, -0.05) is 23.7 Å². The molecule has 1 amide bonds. The molecule has 3 nitrogen and oxygen atoms in total. The Morgan fingerprint density at radius 3 is 2.83 bits per heavy atom. The Balaban J connectivity index is 1.96. The monoisotopic (exact) mass is 264 g/mol. The summed E-state index contributed by atoms with van der Waals surface area (Å²) in [5.74, 6) is 0.0679. The summed E-state index contributed by atoms with van der Waals surface area (Å²) in [4.78, 5) is 13.8. The van der Waals surface area contributed by atoms with E-state index in [-0.39, 0.29) is 5.91 Å². The van der Waals surface area contributed by atoms with Crippen LogP contribution in [0.5, 0.6) is 0 Å². The number of carbonyl (C=O) groups is 1. The molecule has 1 heterocycles. The quantitative estimate of drug-likeness (QED) is 0.831. The zero-order valence-electron chi connectivity index (χ0n) is 10.4. The third kappa shape index (κ3) is 3.59. The molecule has 1 fully saturated rings. The molecule has 18 heavy (non-hydrogen) atoms. The second-order valence-electron chi connectivity index (χ2n) is 4.52. The number of nitrogens with one attached hydrogen (secondary N) is 1. The standard InChI is InChI=1S/C14H17ClN2O/c1-11-10-17(9-8-16-11)14(18)7-4-12-2-5-13(15)6-3-12/h2-7,11,16H,8-10H2,1H3. The molecule has 1 N–H and O–H groups in total. The van der Waals surface area contributed by atoms with Crippen molar-refractivity contribution in [2.45, 2.75) is 13.0 Å². The number of benzene rings is 1. The lowest BCUT2D eigenvalue weighted by atomic mass is 10.2. The first-order valence-electron chi connectivity index (χ1n) is 6.11. The van der Waals surface area contributed by atoms with Crippen LogP contribution in [-0.4, -0.2) is 36.5 Å². The maximum absolute atomic E-state index is 12.0. The highest BCUT2D eigenvalue weighted by Crippen LogP contribution is 2.11. The fraction of sp³-hybridized carbons (Fsp3) is 0.357. The Hall–Kier alpha value is -1.32. The van der Waals surface area contributed by atoms with Gasteiger partial charge in [-0.3, -0.25) is 4.79 Å². The van der Waals surface area contributed by atoms with E-state index in [1.807, 2.05) is 35.2 Å². The van der Waals surface area contributed by atoms with Crippen molar-refractivity contribution >= 4 is 23.6 Å². The normalized spacial score (nSPS) is 20.3. The Morgan fingerprint density at radius 1 is 1.44 bits per heavy atom. The average Bonchev–Trinajstić information content (AvgIpc) is 2.38. The van der Waals surface area contributed by atoms with Gasteiger partial charge in [0.25, 0.3) is 0 Å². The molecule has 96 valence electrons. The number of carbonyl (C=O) groups excluding carboxylic acids is 1. The van der Waals surface area contributed by atoms with Gasteiger partial charge in [0.05, 0.1) is 0 Å². The van der Waals surface area contributed by atoms with Crippen molar-refractivity contribution in [3.63, 3.8) is 0 Å². The number of amides is 1. The Kier molecular flexibility index (Phi) is 4.39. The largest absolute Gasteiger partial charge is 0.336 e. The summed E-state index contributed by atoms with van der Waals surface area (Å²) in [5, 5.41) is 4.02. The minimum Gasteiger partial charge on any atom is -0.336 e. The van der Waals surface area contributed by atoms with Crippen molar-refractivity contribution in [3.05, 3.63) is 40.9 Å². The van der Waals surface area contributed by atoms with E-state index in [2.05, 4.69) is 12.2 Å². The van der Waals surface area contributed by atoms with Crippen molar-refractivity contribution in [2.75, 3.05) is 19.6 Å². The van der Waals surface area contributed by atoms with Gasteiger partial charge in [-0.25, -0.2) is 0 Å². The van der Waals surface area contributed by atoms with E-state index >= 15 is 0 Å². The summed E-state index contributed by atoms with van der Waals surface area (Å²) in [6.45, 7) is 4.49. The summed E-state index contributed by atoms with van der Waals surface area (Å²) in [6.07, 6.45) is 3.45. The second kappa shape index (κ2) is 6.03. The number of piperazine rings is 1. The minimum atomic E-state index is 0.0679. The SMILES string of the molecule is CC1CN(C(=O)C=Cc2ccc(Cl)cc2)CCN1. The molecular weight excluding hydrogens is 248 g/mol. The number of hydrogen-bond acceptors (Lipinski definition) is 2. The van der Waals surface area contributed by atoms with Crippen LogP contribution in [0.1, 0.15) is 12.5 Å². The predicted molar refractivity (Wildman–Crippen MR) is 74.5 cm³/mol. The zero-order valence-corrected chi connectivity index (χ0v) is 11.2.